The number of carbonyl (C=O) groups excluding carboxylic acids is 2. The molecule has 23 heavy (non-hydrogen) atoms. The van der Waals surface area contributed by atoms with E-state index >= 15 is 0 Å². The monoisotopic (exact) mass is 332 g/mol. The van der Waals surface area contributed by atoms with E-state index in [9.17, 15) is 9.59 Å². The Kier molecular flexibility index (Phi) is 4.95. The Morgan fingerprint density at radius 1 is 1.17 bits per heavy atom. The summed E-state index contributed by atoms with van der Waals surface area (Å²) >= 11 is 2.06. The summed E-state index contributed by atoms with van der Waals surface area (Å²) in [5, 5.41) is 2.61. The fraction of sp³-hybridized carbons (Fsp3) is 0.556. The molecular weight excluding hydrogens is 308 g/mol. The highest BCUT2D eigenvalue weighted by molar-refractivity contribution is 8.00. The van der Waals surface area contributed by atoms with Gasteiger partial charge in [0.25, 0.3) is 11.8 Å². The van der Waals surface area contributed by atoms with Gasteiger partial charge < -0.3 is 10.2 Å². The molecule has 5 heteroatoms. The molecule has 0 unspecified atom stereocenters. The second kappa shape index (κ2) is 6.95. The van der Waals surface area contributed by atoms with Crippen LogP contribution in [0.4, 0.5) is 0 Å². The van der Waals surface area contributed by atoms with Gasteiger partial charge in [-0.25, -0.2) is 0 Å². The predicted molar refractivity (Wildman–Crippen MR) is 94.0 cm³/mol. The van der Waals surface area contributed by atoms with Gasteiger partial charge in [0.2, 0.25) is 0 Å². The molecule has 1 aromatic carbocycles. The summed E-state index contributed by atoms with van der Waals surface area (Å²) in [4.78, 5) is 26.6. The number of rotatable bonds is 2. The first-order valence-electron chi connectivity index (χ1n) is 8.39. The summed E-state index contributed by atoms with van der Waals surface area (Å²) in [6.07, 6.45) is 6.33. The third-order valence-corrected chi connectivity index (χ3v) is 6.44. The first-order valence-corrected chi connectivity index (χ1v) is 9.37. The van der Waals surface area contributed by atoms with Gasteiger partial charge in [0.1, 0.15) is 0 Å². The Labute approximate surface area is 142 Å². The van der Waals surface area contributed by atoms with Gasteiger partial charge in [0.05, 0.1) is 0 Å². The number of carbonyl (C=O) groups is 2. The molecule has 3 rings (SSSR count). The van der Waals surface area contributed by atoms with Gasteiger partial charge in [-0.15, -0.1) is 0 Å². The van der Waals surface area contributed by atoms with Crippen LogP contribution in [0.25, 0.3) is 0 Å². The average molecular weight is 332 g/mol. The van der Waals surface area contributed by atoms with Gasteiger partial charge >= 0.3 is 0 Å². The van der Waals surface area contributed by atoms with Crippen molar-refractivity contribution in [3.63, 3.8) is 0 Å². The van der Waals surface area contributed by atoms with E-state index in [-0.39, 0.29) is 16.6 Å². The Balaban J connectivity index is 1.76. The first-order chi connectivity index (χ1) is 11.1. The van der Waals surface area contributed by atoms with Crippen molar-refractivity contribution >= 4 is 23.6 Å². The van der Waals surface area contributed by atoms with Gasteiger partial charge in [-0.05, 0) is 31.0 Å². The number of nitrogens with one attached hydrogen (secondary N) is 1. The van der Waals surface area contributed by atoms with E-state index in [4.69, 9.17) is 0 Å². The molecule has 1 aromatic rings. The van der Waals surface area contributed by atoms with Crippen LogP contribution >= 0.6 is 11.8 Å². The molecule has 4 nitrogen and oxygen atoms in total. The summed E-state index contributed by atoms with van der Waals surface area (Å²) in [5.74, 6) is 0.916. The number of benzene rings is 1. The predicted octanol–water partition coefficient (Wildman–Crippen LogP) is 2.94. The molecule has 1 aliphatic carbocycles. The van der Waals surface area contributed by atoms with Gasteiger partial charge in [0.15, 0.2) is 0 Å². The number of nitrogens with zero attached hydrogens (tertiary/aromatic N) is 1. The van der Waals surface area contributed by atoms with Crippen LogP contribution in [0, 0.1) is 0 Å². The molecule has 2 fully saturated rings. The molecule has 2 amide bonds. The number of thioether (sulfide) groups is 1. The quantitative estimate of drug-likeness (QED) is 0.906. The summed E-state index contributed by atoms with van der Waals surface area (Å²) < 4.78 is 0.268. The first kappa shape index (κ1) is 16.4. The van der Waals surface area contributed by atoms with Crippen LogP contribution in [-0.4, -0.2) is 47.4 Å². The van der Waals surface area contributed by atoms with Crippen molar-refractivity contribution in [1.82, 2.24) is 10.2 Å². The molecule has 124 valence electrons. The molecule has 2 aliphatic rings. The minimum Gasteiger partial charge on any atom is -0.355 e. The molecule has 0 atom stereocenters. The van der Waals surface area contributed by atoms with Gasteiger partial charge in [0, 0.05) is 41.8 Å². The van der Waals surface area contributed by atoms with Crippen molar-refractivity contribution in [3.05, 3.63) is 35.4 Å². The molecule has 0 radical (unpaired) electrons. The van der Waals surface area contributed by atoms with E-state index in [1.54, 1.807) is 25.2 Å². The van der Waals surface area contributed by atoms with Crippen molar-refractivity contribution in [1.29, 1.82) is 0 Å². The lowest BCUT2D eigenvalue weighted by molar-refractivity contribution is 0.0730. The summed E-state index contributed by atoms with van der Waals surface area (Å²) in [5.41, 5.74) is 1.15. The molecule has 1 saturated carbocycles. The van der Waals surface area contributed by atoms with E-state index in [0.29, 0.717) is 11.1 Å². The lowest BCUT2D eigenvalue weighted by Crippen LogP contribution is -2.49. The third kappa shape index (κ3) is 3.55. The zero-order chi connectivity index (χ0) is 16.3. The van der Waals surface area contributed by atoms with E-state index < -0.39 is 0 Å². The smallest absolute Gasteiger partial charge is 0.253 e. The maximum absolute atomic E-state index is 12.9. The highest BCUT2D eigenvalue weighted by Gasteiger charge is 2.38. The largest absolute Gasteiger partial charge is 0.355 e. The van der Waals surface area contributed by atoms with Crippen molar-refractivity contribution in [2.45, 2.75) is 36.9 Å². The summed E-state index contributed by atoms with van der Waals surface area (Å²) in [6, 6.07) is 7.04. The van der Waals surface area contributed by atoms with E-state index in [2.05, 4.69) is 17.1 Å². The van der Waals surface area contributed by atoms with Crippen molar-refractivity contribution in [3.8, 4) is 0 Å². The summed E-state index contributed by atoms with van der Waals surface area (Å²) in [7, 11) is 1.60. The van der Waals surface area contributed by atoms with E-state index in [0.717, 1.165) is 18.8 Å². The van der Waals surface area contributed by atoms with E-state index in [1.165, 1.54) is 32.1 Å². The zero-order valence-electron chi connectivity index (χ0n) is 13.6. The fourth-order valence-corrected chi connectivity index (χ4v) is 5.21. The number of hydrogen-bond donors (Lipinski definition) is 1. The van der Waals surface area contributed by atoms with Crippen LogP contribution in [0.3, 0.4) is 0 Å². The minimum atomic E-state index is -0.155. The Morgan fingerprint density at radius 3 is 2.65 bits per heavy atom. The molecule has 1 N–H and O–H groups in total. The van der Waals surface area contributed by atoms with Crippen LogP contribution in [-0.2, 0) is 0 Å². The molecule has 1 heterocycles. The molecule has 0 bridgehead atoms. The SMILES string of the molecule is CNC(=O)c1cccc(C(=O)N2CCSC3(CCCCC3)C2)c1. The number of amides is 2. The second-order valence-corrected chi connectivity index (χ2v) is 8.04. The molecule has 1 spiro atoms. The third-order valence-electron chi connectivity index (χ3n) is 4.90. The maximum atomic E-state index is 12.9. The lowest BCUT2D eigenvalue weighted by Gasteiger charge is -2.44. The lowest BCUT2D eigenvalue weighted by atomic mass is 9.87. The van der Waals surface area contributed by atoms with Crippen LogP contribution in [0.2, 0.25) is 0 Å². The highest BCUT2D eigenvalue weighted by atomic mass is 32.2. The molecule has 0 aromatic heterocycles. The molecule has 1 saturated heterocycles. The van der Waals surface area contributed by atoms with Crippen LogP contribution < -0.4 is 5.32 Å². The molecular formula is C18H24N2O2S. The normalized spacial score (nSPS) is 20.3. The number of hydrogen-bond acceptors (Lipinski definition) is 3. The van der Waals surface area contributed by atoms with Gasteiger partial charge in [-0.1, -0.05) is 25.3 Å². The van der Waals surface area contributed by atoms with Gasteiger partial charge in [-0.3, -0.25) is 9.59 Å². The van der Waals surface area contributed by atoms with Crippen molar-refractivity contribution in [2.24, 2.45) is 0 Å². The minimum absolute atomic E-state index is 0.0565. The standard InChI is InChI=1S/C18H24N2O2S/c1-19-16(21)14-6-5-7-15(12-14)17(22)20-10-11-23-18(13-20)8-3-2-4-9-18/h5-7,12H,2-4,8-11,13H2,1H3,(H,19,21). The molecule has 1 aliphatic heterocycles. The fourth-order valence-electron chi connectivity index (χ4n) is 3.64. The zero-order valence-corrected chi connectivity index (χ0v) is 14.5. The summed E-state index contributed by atoms with van der Waals surface area (Å²) in [6.45, 7) is 1.65. The maximum Gasteiger partial charge on any atom is 0.253 e. The average Bonchev–Trinajstić information content (AvgIpc) is 2.61. The highest BCUT2D eigenvalue weighted by Crippen LogP contribution is 2.42. The van der Waals surface area contributed by atoms with Crippen LogP contribution in [0.1, 0.15) is 52.8 Å². The Morgan fingerprint density at radius 2 is 1.91 bits per heavy atom. The van der Waals surface area contributed by atoms with Crippen LogP contribution in [0.15, 0.2) is 24.3 Å². The van der Waals surface area contributed by atoms with E-state index in [1.807, 2.05) is 11.0 Å². The Bertz CT molecular complexity index is 591. The van der Waals surface area contributed by atoms with Crippen molar-refractivity contribution in [2.75, 3.05) is 25.9 Å². The topological polar surface area (TPSA) is 49.4 Å². The van der Waals surface area contributed by atoms with Gasteiger partial charge in [-0.2, -0.15) is 11.8 Å². The van der Waals surface area contributed by atoms with Crippen molar-refractivity contribution < 1.29 is 9.59 Å². The van der Waals surface area contributed by atoms with Crippen LogP contribution in [0.5, 0.6) is 0 Å². The second-order valence-electron chi connectivity index (χ2n) is 6.48. The Hall–Kier alpha value is -1.49.